The number of nitrogens with zero attached hydrogens (tertiary/aromatic N) is 5. The Morgan fingerprint density at radius 2 is 1.83 bits per heavy atom. The van der Waals surface area contributed by atoms with Gasteiger partial charge in [-0.05, 0) is 30.5 Å². The third-order valence-electron chi connectivity index (χ3n) is 6.34. The molecule has 4 aromatic rings. The zero-order chi connectivity index (χ0) is 24.7. The van der Waals surface area contributed by atoms with Crippen LogP contribution >= 0.6 is 0 Å². The van der Waals surface area contributed by atoms with Crippen molar-refractivity contribution in [2.75, 3.05) is 18.6 Å². The summed E-state index contributed by atoms with van der Waals surface area (Å²) in [5.74, 6) is 2.13. The van der Waals surface area contributed by atoms with Crippen LogP contribution in [0.5, 0.6) is 5.75 Å². The summed E-state index contributed by atoms with van der Waals surface area (Å²) in [6, 6.07) is 15.6. The number of fused-ring (bicyclic) bond motifs is 1. The molecule has 0 saturated carbocycles. The second-order valence-corrected chi connectivity index (χ2v) is 8.79. The summed E-state index contributed by atoms with van der Waals surface area (Å²) < 4.78 is 48.1. The van der Waals surface area contributed by atoms with Crippen LogP contribution in [0.2, 0.25) is 0 Å². The lowest BCUT2D eigenvalue weighted by molar-refractivity contribution is -0.140. The first kappa shape index (κ1) is 23.0. The largest absolute Gasteiger partial charge is 0.496 e. The monoisotopic (exact) mass is 481 g/mol. The average molecular weight is 482 g/mol. The van der Waals surface area contributed by atoms with Crippen LogP contribution in [-0.2, 0) is 26.3 Å². The number of halogens is 3. The third-order valence-corrected chi connectivity index (χ3v) is 6.34. The minimum atomic E-state index is -4.46. The van der Waals surface area contributed by atoms with Gasteiger partial charge >= 0.3 is 6.18 Å². The molecule has 0 amide bonds. The fourth-order valence-electron chi connectivity index (χ4n) is 4.62. The van der Waals surface area contributed by atoms with Crippen molar-refractivity contribution in [2.24, 2.45) is 7.05 Å². The second kappa shape index (κ2) is 8.79. The summed E-state index contributed by atoms with van der Waals surface area (Å²) in [5, 5.41) is 4.86. The van der Waals surface area contributed by atoms with Crippen molar-refractivity contribution >= 4 is 5.82 Å². The van der Waals surface area contributed by atoms with Gasteiger partial charge in [-0.2, -0.15) is 18.3 Å². The SMILES string of the molecule is COc1cccc(C)c1-c1cc2n(n1)CCCN2Cc1ccc(-c2nc(C(F)(F)F)cn2C)cc1. The molecule has 0 spiro atoms. The molecule has 6 nitrogen and oxygen atoms in total. The fourth-order valence-corrected chi connectivity index (χ4v) is 4.62. The highest BCUT2D eigenvalue weighted by atomic mass is 19.4. The number of anilines is 1. The molecule has 5 rings (SSSR count). The van der Waals surface area contributed by atoms with Gasteiger partial charge in [-0.25, -0.2) is 9.67 Å². The van der Waals surface area contributed by atoms with E-state index < -0.39 is 11.9 Å². The normalized spacial score (nSPS) is 13.7. The Hall–Kier alpha value is -3.75. The summed E-state index contributed by atoms with van der Waals surface area (Å²) >= 11 is 0. The number of alkyl halides is 3. The maximum atomic E-state index is 13.0. The first-order chi connectivity index (χ1) is 16.7. The maximum Gasteiger partial charge on any atom is 0.434 e. The van der Waals surface area contributed by atoms with Gasteiger partial charge < -0.3 is 14.2 Å². The predicted molar refractivity (Wildman–Crippen MR) is 128 cm³/mol. The van der Waals surface area contributed by atoms with Gasteiger partial charge in [0.25, 0.3) is 0 Å². The lowest BCUT2D eigenvalue weighted by Crippen LogP contribution is -2.31. The van der Waals surface area contributed by atoms with Gasteiger partial charge in [-0.1, -0.05) is 36.4 Å². The molecule has 3 heterocycles. The number of methoxy groups -OCH3 is 1. The van der Waals surface area contributed by atoms with E-state index in [0.717, 1.165) is 59.7 Å². The van der Waals surface area contributed by atoms with E-state index in [-0.39, 0.29) is 5.82 Å². The van der Waals surface area contributed by atoms with Crippen LogP contribution < -0.4 is 9.64 Å². The molecule has 0 radical (unpaired) electrons. The van der Waals surface area contributed by atoms with E-state index in [2.05, 4.69) is 28.9 Å². The number of rotatable bonds is 5. The molecule has 0 N–H and O–H groups in total. The molecule has 35 heavy (non-hydrogen) atoms. The van der Waals surface area contributed by atoms with E-state index in [1.807, 2.05) is 41.1 Å². The molecule has 0 saturated heterocycles. The van der Waals surface area contributed by atoms with Gasteiger partial charge in [-0.3, -0.25) is 0 Å². The summed E-state index contributed by atoms with van der Waals surface area (Å²) in [4.78, 5) is 6.06. The molecular weight excluding hydrogens is 455 g/mol. The van der Waals surface area contributed by atoms with Crippen LogP contribution in [0.4, 0.5) is 19.0 Å². The second-order valence-electron chi connectivity index (χ2n) is 8.79. The standard InChI is InChI=1S/C26H26F3N5O/c1-17-6-4-7-21(35-3)24(17)20-14-23-33(12-5-13-34(23)31-20)15-18-8-10-19(11-9-18)25-30-22(16-32(25)2)26(27,28)29/h4,6-11,14,16H,5,12-13,15H2,1-3H3. The minimum absolute atomic E-state index is 0.289. The molecule has 0 fully saturated rings. The Morgan fingerprint density at radius 3 is 2.51 bits per heavy atom. The molecule has 1 aliphatic heterocycles. The number of hydrogen-bond acceptors (Lipinski definition) is 4. The lowest BCUT2D eigenvalue weighted by Gasteiger charge is -2.29. The predicted octanol–water partition coefficient (Wildman–Crippen LogP) is 5.70. The summed E-state index contributed by atoms with van der Waals surface area (Å²) in [5.41, 5.74) is 3.79. The van der Waals surface area contributed by atoms with Gasteiger partial charge in [-0.15, -0.1) is 0 Å². The number of ether oxygens (including phenoxy) is 1. The van der Waals surface area contributed by atoms with Crippen molar-refractivity contribution in [1.82, 2.24) is 19.3 Å². The minimum Gasteiger partial charge on any atom is -0.496 e. The fraction of sp³-hybridized carbons (Fsp3) is 0.308. The van der Waals surface area contributed by atoms with Gasteiger partial charge in [0.05, 0.1) is 12.8 Å². The van der Waals surface area contributed by atoms with E-state index in [1.54, 1.807) is 14.2 Å². The summed E-state index contributed by atoms with van der Waals surface area (Å²) in [6.07, 6.45) is -2.47. The molecule has 182 valence electrons. The van der Waals surface area contributed by atoms with E-state index in [1.165, 1.54) is 4.57 Å². The van der Waals surface area contributed by atoms with E-state index in [0.29, 0.717) is 12.1 Å². The number of benzene rings is 2. The van der Waals surface area contributed by atoms with Crippen LogP contribution in [0.15, 0.2) is 54.7 Å². The van der Waals surface area contributed by atoms with Crippen molar-refractivity contribution < 1.29 is 17.9 Å². The first-order valence-electron chi connectivity index (χ1n) is 11.4. The molecule has 9 heteroatoms. The summed E-state index contributed by atoms with van der Waals surface area (Å²) in [6.45, 7) is 4.46. The number of aryl methyl sites for hydroxylation is 3. The van der Waals surface area contributed by atoms with Gasteiger partial charge in [0.15, 0.2) is 5.69 Å². The van der Waals surface area contributed by atoms with Crippen molar-refractivity contribution in [3.05, 3.63) is 71.5 Å². The number of hydrogen-bond donors (Lipinski definition) is 0. The highest BCUT2D eigenvalue weighted by Gasteiger charge is 2.34. The molecule has 2 aromatic carbocycles. The van der Waals surface area contributed by atoms with Crippen LogP contribution in [0.1, 0.15) is 23.2 Å². The Balaban J connectivity index is 1.39. The van der Waals surface area contributed by atoms with E-state index >= 15 is 0 Å². The van der Waals surface area contributed by atoms with Gasteiger partial charge in [0.2, 0.25) is 0 Å². The quantitative estimate of drug-likeness (QED) is 0.367. The number of aromatic nitrogens is 4. The molecule has 0 aliphatic carbocycles. The van der Waals surface area contributed by atoms with Crippen molar-refractivity contribution in [2.45, 2.75) is 32.6 Å². The Kier molecular flexibility index (Phi) is 5.78. The molecule has 0 bridgehead atoms. The van der Waals surface area contributed by atoms with Crippen LogP contribution in [0.3, 0.4) is 0 Å². The molecule has 0 atom stereocenters. The van der Waals surface area contributed by atoms with Crippen LogP contribution in [-0.4, -0.2) is 33.0 Å². The van der Waals surface area contributed by atoms with Crippen molar-refractivity contribution in [3.8, 4) is 28.4 Å². The zero-order valence-electron chi connectivity index (χ0n) is 19.8. The third kappa shape index (κ3) is 4.38. The van der Waals surface area contributed by atoms with Crippen molar-refractivity contribution in [3.63, 3.8) is 0 Å². The smallest absolute Gasteiger partial charge is 0.434 e. The molecule has 2 aromatic heterocycles. The maximum absolute atomic E-state index is 13.0. The Morgan fingerprint density at radius 1 is 1.06 bits per heavy atom. The first-order valence-corrected chi connectivity index (χ1v) is 11.4. The zero-order valence-corrected chi connectivity index (χ0v) is 19.8. The highest BCUT2D eigenvalue weighted by Crippen LogP contribution is 2.36. The highest BCUT2D eigenvalue weighted by molar-refractivity contribution is 5.73. The van der Waals surface area contributed by atoms with Gasteiger partial charge in [0, 0.05) is 50.1 Å². The van der Waals surface area contributed by atoms with Crippen LogP contribution in [0.25, 0.3) is 22.6 Å². The van der Waals surface area contributed by atoms with Crippen molar-refractivity contribution in [1.29, 1.82) is 0 Å². The van der Waals surface area contributed by atoms with E-state index in [4.69, 9.17) is 9.84 Å². The molecule has 0 unspecified atom stereocenters. The van der Waals surface area contributed by atoms with Crippen LogP contribution in [0, 0.1) is 6.92 Å². The Bertz CT molecular complexity index is 1350. The topological polar surface area (TPSA) is 48.1 Å². The average Bonchev–Trinajstić information content (AvgIpc) is 3.43. The lowest BCUT2D eigenvalue weighted by atomic mass is 10.0. The number of imidazole rings is 1. The van der Waals surface area contributed by atoms with E-state index in [9.17, 15) is 13.2 Å². The summed E-state index contributed by atoms with van der Waals surface area (Å²) in [7, 11) is 3.24. The molecule has 1 aliphatic rings. The van der Waals surface area contributed by atoms with Gasteiger partial charge in [0.1, 0.15) is 17.4 Å². The Labute approximate surface area is 201 Å². The molecular formula is C26H26F3N5O.